The summed E-state index contributed by atoms with van der Waals surface area (Å²) in [5, 5.41) is 13.0. The number of likely N-dealkylation sites (N-methyl/N-ethyl adjacent to an activating group) is 1. The van der Waals surface area contributed by atoms with Crippen LogP contribution in [0.3, 0.4) is 0 Å². The van der Waals surface area contributed by atoms with Crippen LogP contribution in [0.25, 0.3) is 0 Å². The number of piperidine rings is 1. The summed E-state index contributed by atoms with van der Waals surface area (Å²) >= 11 is 0. The van der Waals surface area contributed by atoms with Crippen molar-refractivity contribution in [2.24, 2.45) is 0 Å². The van der Waals surface area contributed by atoms with Gasteiger partial charge in [0.25, 0.3) is 0 Å². The molecule has 5 nitrogen and oxygen atoms in total. The quantitative estimate of drug-likeness (QED) is 0.693. The molecule has 1 heterocycles. The van der Waals surface area contributed by atoms with E-state index in [1.807, 2.05) is 0 Å². The third-order valence-corrected chi connectivity index (χ3v) is 3.39. The first-order valence-corrected chi connectivity index (χ1v) is 6.78. The molecule has 2 atom stereocenters. The first-order valence-electron chi connectivity index (χ1n) is 6.78. The molecule has 1 amide bonds. The predicted molar refractivity (Wildman–Crippen MR) is 70.4 cm³/mol. The van der Waals surface area contributed by atoms with Gasteiger partial charge in [-0.3, -0.25) is 4.79 Å². The highest BCUT2D eigenvalue weighted by atomic mass is 16.5. The van der Waals surface area contributed by atoms with Gasteiger partial charge in [-0.1, -0.05) is 6.42 Å². The van der Waals surface area contributed by atoms with Crippen LogP contribution in [0, 0.1) is 0 Å². The van der Waals surface area contributed by atoms with Gasteiger partial charge < -0.3 is 20.1 Å². The molecular weight excluding hydrogens is 232 g/mol. The maximum absolute atomic E-state index is 11.9. The Morgan fingerprint density at radius 2 is 2.33 bits per heavy atom. The number of methoxy groups -OCH3 is 1. The van der Waals surface area contributed by atoms with E-state index in [1.54, 1.807) is 19.1 Å². The number of carbonyl (C=O) groups excluding carboxylic acids is 1. The zero-order valence-corrected chi connectivity index (χ0v) is 11.5. The molecule has 0 aromatic carbocycles. The molecule has 2 unspecified atom stereocenters. The first kappa shape index (κ1) is 15.4. The van der Waals surface area contributed by atoms with Crippen LogP contribution in [0.15, 0.2) is 0 Å². The molecule has 0 saturated carbocycles. The number of aliphatic hydroxyl groups is 1. The molecule has 1 aliphatic heterocycles. The Morgan fingerprint density at radius 1 is 1.56 bits per heavy atom. The summed E-state index contributed by atoms with van der Waals surface area (Å²) < 4.78 is 4.84. The summed E-state index contributed by atoms with van der Waals surface area (Å²) in [6.45, 7) is 1.67. The topological polar surface area (TPSA) is 61.8 Å². The summed E-state index contributed by atoms with van der Waals surface area (Å²) in [4.78, 5) is 13.5. The van der Waals surface area contributed by atoms with Crippen molar-refractivity contribution in [2.75, 3.05) is 33.9 Å². The second kappa shape index (κ2) is 8.45. The lowest BCUT2D eigenvalue weighted by atomic mass is 10.0. The van der Waals surface area contributed by atoms with Gasteiger partial charge in [0, 0.05) is 33.2 Å². The number of rotatable bonds is 7. The fourth-order valence-corrected chi connectivity index (χ4v) is 2.32. The lowest BCUT2D eigenvalue weighted by Crippen LogP contribution is -2.38. The smallest absolute Gasteiger partial charge is 0.222 e. The van der Waals surface area contributed by atoms with Crippen LogP contribution in [0.5, 0.6) is 0 Å². The average molecular weight is 258 g/mol. The Labute approximate surface area is 109 Å². The molecule has 1 aliphatic rings. The second-order valence-electron chi connectivity index (χ2n) is 5.07. The third kappa shape index (κ3) is 5.80. The molecule has 1 fully saturated rings. The van der Waals surface area contributed by atoms with Crippen LogP contribution in [-0.4, -0.2) is 61.9 Å². The number of ether oxygens (including phenoxy) is 1. The van der Waals surface area contributed by atoms with Crippen LogP contribution in [0.2, 0.25) is 0 Å². The van der Waals surface area contributed by atoms with Gasteiger partial charge >= 0.3 is 0 Å². The number of nitrogens with one attached hydrogen (secondary N) is 1. The number of hydrogen-bond donors (Lipinski definition) is 2. The van der Waals surface area contributed by atoms with Gasteiger partial charge in [-0.05, 0) is 25.8 Å². The maximum Gasteiger partial charge on any atom is 0.222 e. The third-order valence-electron chi connectivity index (χ3n) is 3.39. The molecule has 106 valence electrons. The van der Waals surface area contributed by atoms with Gasteiger partial charge in [-0.15, -0.1) is 0 Å². The van der Waals surface area contributed by atoms with E-state index >= 15 is 0 Å². The Hall–Kier alpha value is -0.650. The predicted octanol–water partition coefficient (Wildman–Crippen LogP) is 0.374. The fraction of sp³-hybridized carbons (Fsp3) is 0.923. The van der Waals surface area contributed by atoms with Crippen molar-refractivity contribution in [3.8, 4) is 0 Å². The molecule has 2 N–H and O–H groups in total. The lowest BCUT2D eigenvalue weighted by Gasteiger charge is -2.25. The molecule has 0 aliphatic carbocycles. The normalized spacial score (nSPS) is 21.6. The molecule has 1 saturated heterocycles. The van der Waals surface area contributed by atoms with E-state index in [0.717, 1.165) is 13.0 Å². The minimum Gasteiger partial charge on any atom is -0.389 e. The van der Waals surface area contributed by atoms with Crippen molar-refractivity contribution in [3.05, 3.63) is 0 Å². The number of amides is 1. The van der Waals surface area contributed by atoms with Crippen molar-refractivity contribution in [2.45, 2.75) is 44.2 Å². The van der Waals surface area contributed by atoms with Crippen molar-refractivity contribution >= 4 is 5.91 Å². The summed E-state index contributed by atoms with van der Waals surface area (Å²) in [6.07, 6.45) is 4.51. The van der Waals surface area contributed by atoms with Crippen molar-refractivity contribution in [1.82, 2.24) is 10.2 Å². The van der Waals surface area contributed by atoms with E-state index in [9.17, 15) is 9.90 Å². The van der Waals surface area contributed by atoms with Crippen molar-refractivity contribution < 1.29 is 14.6 Å². The highest BCUT2D eigenvalue weighted by Gasteiger charge is 2.17. The minimum absolute atomic E-state index is 0.0949. The number of carbonyl (C=O) groups is 1. The summed E-state index contributed by atoms with van der Waals surface area (Å²) in [6, 6.07) is 0.486. The molecule has 0 radical (unpaired) electrons. The van der Waals surface area contributed by atoms with E-state index in [1.165, 1.54) is 19.3 Å². The van der Waals surface area contributed by atoms with E-state index in [-0.39, 0.29) is 12.5 Å². The van der Waals surface area contributed by atoms with Gasteiger partial charge in [0.05, 0.1) is 12.7 Å². The molecule has 5 heteroatoms. The summed E-state index contributed by atoms with van der Waals surface area (Å²) in [5.41, 5.74) is 0. The Morgan fingerprint density at radius 3 is 2.94 bits per heavy atom. The van der Waals surface area contributed by atoms with Crippen molar-refractivity contribution in [3.63, 3.8) is 0 Å². The first-order chi connectivity index (χ1) is 8.63. The zero-order valence-electron chi connectivity index (χ0n) is 11.5. The van der Waals surface area contributed by atoms with Gasteiger partial charge in [-0.2, -0.15) is 0 Å². The van der Waals surface area contributed by atoms with Gasteiger partial charge in [-0.25, -0.2) is 0 Å². The highest BCUT2D eigenvalue weighted by molar-refractivity contribution is 5.75. The summed E-state index contributed by atoms with van der Waals surface area (Å²) in [5.74, 6) is 0.0949. The number of nitrogens with zero attached hydrogens (tertiary/aromatic N) is 1. The average Bonchev–Trinajstić information content (AvgIpc) is 2.37. The second-order valence-corrected chi connectivity index (χ2v) is 5.07. The number of hydrogen-bond acceptors (Lipinski definition) is 4. The molecule has 0 bridgehead atoms. The van der Waals surface area contributed by atoms with Gasteiger partial charge in [0.1, 0.15) is 0 Å². The molecule has 0 aromatic rings. The fourth-order valence-electron chi connectivity index (χ4n) is 2.32. The van der Waals surface area contributed by atoms with E-state index in [0.29, 0.717) is 19.0 Å². The van der Waals surface area contributed by atoms with Gasteiger partial charge in [0.15, 0.2) is 0 Å². The molecule has 18 heavy (non-hydrogen) atoms. The molecule has 0 aromatic heterocycles. The largest absolute Gasteiger partial charge is 0.389 e. The van der Waals surface area contributed by atoms with Crippen molar-refractivity contribution in [1.29, 1.82) is 0 Å². The monoisotopic (exact) mass is 258 g/mol. The number of aliphatic hydroxyl groups excluding tert-OH is 1. The lowest BCUT2D eigenvalue weighted by molar-refractivity contribution is -0.131. The van der Waals surface area contributed by atoms with Gasteiger partial charge in [0.2, 0.25) is 5.91 Å². The Balaban J connectivity index is 2.18. The maximum atomic E-state index is 11.9. The van der Waals surface area contributed by atoms with Crippen LogP contribution >= 0.6 is 0 Å². The molecule has 0 spiro atoms. The Kier molecular flexibility index (Phi) is 7.23. The minimum atomic E-state index is -0.600. The highest BCUT2D eigenvalue weighted by Crippen LogP contribution is 2.12. The van der Waals surface area contributed by atoms with Crippen LogP contribution in [0.1, 0.15) is 32.1 Å². The van der Waals surface area contributed by atoms with E-state index in [4.69, 9.17) is 4.74 Å². The van der Waals surface area contributed by atoms with E-state index < -0.39 is 6.10 Å². The molecular formula is C13H26N2O3. The zero-order chi connectivity index (χ0) is 13.4. The van der Waals surface area contributed by atoms with Crippen LogP contribution < -0.4 is 5.32 Å². The standard InChI is InChI=1S/C13H26N2O3/c1-15(9-12(16)10-18-2)13(17)7-6-11-5-3-4-8-14-11/h11-12,14,16H,3-10H2,1-2H3. The van der Waals surface area contributed by atoms with E-state index in [2.05, 4.69) is 5.32 Å². The van der Waals surface area contributed by atoms with Crippen LogP contribution in [-0.2, 0) is 9.53 Å². The van der Waals surface area contributed by atoms with Crippen LogP contribution in [0.4, 0.5) is 0 Å². The molecule has 1 rings (SSSR count). The SMILES string of the molecule is COCC(O)CN(C)C(=O)CCC1CCCCN1. The summed E-state index contributed by atoms with van der Waals surface area (Å²) in [7, 11) is 3.27. The Bertz CT molecular complexity index is 242.